The predicted molar refractivity (Wildman–Crippen MR) is 62.7 cm³/mol. The van der Waals surface area contributed by atoms with Crippen molar-refractivity contribution < 1.29 is 0 Å². The topological polar surface area (TPSA) is 69.6 Å². The second-order valence-electron chi connectivity index (χ2n) is 3.75. The fourth-order valence-electron chi connectivity index (χ4n) is 1.55. The van der Waals surface area contributed by atoms with Crippen molar-refractivity contribution in [3.05, 3.63) is 24.0 Å². The largest absolute Gasteiger partial charge is 0.383 e. The van der Waals surface area contributed by atoms with Crippen LogP contribution in [-0.4, -0.2) is 20.0 Å². The number of aryl methyl sites for hydroxylation is 2. The molecule has 2 aromatic heterocycles. The summed E-state index contributed by atoms with van der Waals surface area (Å²) in [5.74, 6) is 0.503. The highest BCUT2D eigenvalue weighted by Gasteiger charge is 2.08. The maximum Gasteiger partial charge on any atom is 0.133 e. The first kappa shape index (κ1) is 10.6. The van der Waals surface area contributed by atoms with Gasteiger partial charge >= 0.3 is 0 Å². The van der Waals surface area contributed by atoms with E-state index < -0.39 is 0 Å². The van der Waals surface area contributed by atoms with Gasteiger partial charge in [-0.25, -0.2) is 4.98 Å². The molecule has 0 aliphatic heterocycles. The van der Waals surface area contributed by atoms with Crippen LogP contribution in [0, 0.1) is 6.92 Å². The molecule has 2 rings (SSSR count). The van der Waals surface area contributed by atoms with Gasteiger partial charge in [0.2, 0.25) is 0 Å². The van der Waals surface area contributed by atoms with Gasteiger partial charge in [-0.1, -0.05) is 12.1 Å². The van der Waals surface area contributed by atoms with Gasteiger partial charge in [0, 0.05) is 17.8 Å². The highest BCUT2D eigenvalue weighted by molar-refractivity contribution is 5.69. The lowest BCUT2D eigenvalue weighted by molar-refractivity contribution is 0.579. The molecule has 0 fully saturated rings. The molecule has 0 amide bonds. The molecule has 84 valence electrons. The number of anilines is 1. The summed E-state index contributed by atoms with van der Waals surface area (Å²) in [6.45, 7) is 4.88. The number of nitrogens with zero attached hydrogens (tertiary/aromatic N) is 4. The van der Waals surface area contributed by atoms with Crippen LogP contribution in [0.2, 0.25) is 0 Å². The average Bonchev–Trinajstić information content (AvgIpc) is 2.67. The molecule has 5 heteroatoms. The Hall–Kier alpha value is -1.91. The van der Waals surface area contributed by atoms with Gasteiger partial charge in [-0.3, -0.25) is 4.68 Å². The minimum Gasteiger partial charge on any atom is -0.383 e. The maximum atomic E-state index is 5.85. The van der Waals surface area contributed by atoms with Gasteiger partial charge in [-0.05, 0) is 25.5 Å². The Balaban J connectivity index is 2.35. The molecule has 0 saturated carbocycles. The monoisotopic (exact) mass is 217 g/mol. The zero-order chi connectivity index (χ0) is 11.5. The maximum absolute atomic E-state index is 5.85. The number of nitrogen functional groups attached to an aromatic ring is 1. The number of nitrogens with two attached hydrogens (primary N) is 1. The lowest BCUT2D eigenvalue weighted by atomic mass is 10.2. The summed E-state index contributed by atoms with van der Waals surface area (Å²) < 4.78 is 1.81. The molecule has 0 aliphatic carbocycles. The van der Waals surface area contributed by atoms with Crippen molar-refractivity contribution in [2.75, 3.05) is 5.73 Å². The summed E-state index contributed by atoms with van der Waals surface area (Å²) in [5.41, 5.74) is 8.37. The second-order valence-corrected chi connectivity index (χ2v) is 3.75. The van der Waals surface area contributed by atoms with Crippen molar-refractivity contribution in [2.24, 2.45) is 0 Å². The zero-order valence-electron chi connectivity index (χ0n) is 9.51. The molecular weight excluding hydrogens is 202 g/mol. The zero-order valence-corrected chi connectivity index (χ0v) is 9.51. The number of hydrogen-bond donors (Lipinski definition) is 1. The van der Waals surface area contributed by atoms with Crippen molar-refractivity contribution >= 4 is 5.82 Å². The van der Waals surface area contributed by atoms with Gasteiger partial charge in [0.1, 0.15) is 11.5 Å². The molecule has 0 saturated heterocycles. The van der Waals surface area contributed by atoms with Crippen LogP contribution in [0.1, 0.15) is 19.0 Å². The van der Waals surface area contributed by atoms with E-state index >= 15 is 0 Å². The van der Waals surface area contributed by atoms with Crippen molar-refractivity contribution in [1.82, 2.24) is 20.0 Å². The summed E-state index contributed by atoms with van der Waals surface area (Å²) >= 11 is 0. The third kappa shape index (κ3) is 2.03. The Bertz CT molecular complexity index is 489. The summed E-state index contributed by atoms with van der Waals surface area (Å²) in [4.78, 5) is 4.21. The molecule has 0 aliphatic rings. The third-order valence-electron chi connectivity index (χ3n) is 2.33. The van der Waals surface area contributed by atoms with Crippen LogP contribution >= 0.6 is 0 Å². The molecule has 0 radical (unpaired) electrons. The van der Waals surface area contributed by atoms with Crippen LogP contribution < -0.4 is 5.73 Å². The fourth-order valence-corrected chi connectivity index (χ4v) is 1.55. The van der Waals surface area contributed by atoms with E-state index in [0.29, 0.717) is 5.82 Å². The van der Waals surface area contributed by atoms with Crippen LogP contribution in [0.25, 0.3) is 11.3 Å². The number of aromatic nitrogens is 4. The van der Waals surface area contributed by atoms with E-state index in [1.165, 1.54) is 0 Å². The van der Waals surface area contributed by atoms with E-state index in [9.17, 15) is 0 Å². The van der Waals surface area contributed by atoms with Gasteiger partial charge < -0.3 is 5.73 Å². The molecule has 0 unspecified atom stereocenters. The second kappa shape index (κ2) is 4.30. The van der Waals surface area contributed by atoms with Gasteiger partial charge in [0.05, 0.1) is 6.20 Å². The summed E-state index contributed by atoms with van der Waals surface area (Å²) in [6, 6.07) is 3.85. The third-order valence-corrected chi connectivity index (χ3v) is 2.33. The van der Waals surface area contributed by atoms with Crippen LogP contribution in [-0.2, 0) is 6.54 Å². The van der Waals surface area contributed by atoms with Crippen molar-refractivity contribution in [3.8, 4) is 11.3 Å². The first-order valence-electron chi connectivity index (χ1n) is 5.34. The van der Waals surface area contributed by atoms with E-state index in [1.54, 1.807) is 0 Å². The first-order valence-corrected chi connectivity index (χ1v) is 5.34. The molecule has 5 nitrogen and oxygen atoms in total. The smallest absolute Gasteiger partial charge is 0.133 e. The lowest BCUT2D eigenvalue weighted by Gasteiger charge is -2.01. The van der Waals surface area contributed by atoms with Gasteiger partial charge in [0.15, 0.2) is 0 Å². The molecule has 0 atom stereocenters. The van der Waals surface area contributed by atoms with Crippen LogP contribution in [0.3, 0.4) is 0 Å². The highest BCUT2D eigenvalue weighted by Crippen LogP contribution is 2.21. The lowest BCUT2D eigenvalue weighted by Crippen LogP contribution is -1.96. The summed E-state index contributed by atoms with van der Waals surface area (Å²) in [7, 11) is 0. The average molecular weight is 217 g/mol. The first-order chi connectivity index (χ1) is 7.70. The molecule has 2 aromatic rings. The van der Waals surface area contributed by atoms with E-state index in [1.807, 2.05) is 29.9 Å². The van der Waals surface area contributed by atoms with Gasteiger partial charge in [-0.15, -0.1) is 5.10 Å². The minimum atomic E-state index is 0.503. The summed E-state index contributed by atoms with van der Waals surface area (Å²) in [6.07, 6.45) is 2.93. The summed E-state index contributed by atoms with van der Waals surface area (Å²) in [5, 5.41) is 8.12. The predicted octanol–water partition coefficient (Wildman–Crippen LogP) is 1.64. The Morgan fingerprint density at radius 2 is 2.19 bits per heavy atom. The molecule has 0 spiro atoms. The van der Waals surface area contributed by atoms with Crippen molar-refractivity contribution in [3.63, 3.8) is 0 Å². The molecule has 0 bridgehead atoms. The van der Waals surface area contributed by atoms with E-state index in [-0.39, 0.29) is 0 Å². The molecule has 16 heavy (non-hydrogen) atoms. The van der Waals surface area contributed by atoms with Crippen LogP contribution in [0.4, 0.5) is 5.82 Å². The van der Waals surface area contributed by atoms with Gasteiger partial charge in [0.25, 0.3) is 0 Å². The van der Waals surface area contributed by atoms with E-state index in [2.05, 4.69) is 22.2 Å². The van der Waals surface area contributed by atoms with Crippen molar-refractivity contribution in [2.45, 2.75) is 26.8 Å². The molecule has 0 aromatic carbocycles. The SMILES string of the molecule is CCCn1cc(-c2ccc(C)nc2N)nn1. The molecule has 2 heterocycles. The minimum absolute atomic E-state index is 0.503. The highest BCUT2D eigenvalue weighted by atomic mass is 15.4. The van der Waals surface area contributed by atoms with Crippen LogP contribution in [0.5, 0.6) is 0 Å². The number of hydrogen-bond acceptors (Lipinski definition) is 4. The quantitative estimate of drug-likeness (QED) is 0.848. The fraction of sp³-hybridized carbons (Fsp3) is 0.364. The Morgan fingerprint density at radius 3 is 2.88 bits per heavy atom. The number of rotatable bonds is 3. The van der Waals surface area contributed by atoms with Crippen LogP contribution in [0.15, 0.2) is 18.3 Å². The molecular formula is C11H15N5. The normalized spacial score (nSPS) is 10.6. The van der Waals surface area contributed by atoms with Crippen molar-refractivity contribution in [1.29, 1.82) is 0 Å². The standard InChI is InChI=1S/C11H15N5/c1-3-6-16-7-10(14-15-16)9-5-4-8(2)13-11(9)12/h4-5,7H,3,6H2,1-2H3,(H2,12,13). The Labute approximate surface area is 94.3 Å². The van der Waals surface area contributed by atoms with Gasteiger partial charge in [-0.2, -0.15) is 0 Å². The number of pyridine rings is 1. The van der Waals surface area contributed by atoms with E-state index in [0.717, 1.165) is 29.9 Å². The Morgan fingerprint density at radius 1 is 1.38 bits per heavy atom. The molecule has 2 N–H and O–H groups in total. The van der Waals surface area contributed by atoms with E-state index in [4.69, 9.17) is 5.73 Å². The Kier molecular flexibility index (Phi) is 2.85.